The Hall–Kier alpha value is -3.47. The summed E-state index contributed by atoms with van der Waals surface area (Å²) in [6.45, 7) is 1.28. The van der Waals surface area contributed by atoms with Crippen LogP contribution in [0.5, 0.6) is 5.75 Å². The largest absolute Gasteiger partial charge is 0.495 e. The number of aromatic nitrogens is 4. The van der Waals surface area contributed by atoms with Gasteiger partial charge in [-0.3, -0.25) is 9.59 Å². The highest BCUT2D eigenvalue weighted by molar-refractivity contribution is 7.12. The normalized spacial score (nSPS) is 10.5. The van der Waals surface area contributed by atoms with Crippen molar-refractivity contribution in [3.63, 3.8) is 0 Å². The quantitative estimate of drug-likeness (QED) is 0.596. The molecule has 0 fully saturated rings. The predicted molar refractivity (Wildman–Crippen MR) is 103 cm³/mol. The molecule has 0 radical (unpaired) electrons. The van der Waals surface area contributed by atoms with Crippen molar-refractivity contribution in [1.82, 2.24) is 25.1 Å². The van der Waals surface area contributed by atoms with E-state index in [4.69, 9.17) is 4.74 Å². The second-order valence-electron chi connectivity index (χ2n) is 5.81. The van der Waals surface area contributed by atoms with E-state index in [0.29, 0.717) is 16.4 Å². The molecule has 0 spiro atoms. The molecule has 3 aromatic rings. The van der Waals surface area contributed by atoms with Gasteiger partial charge in [0.05, 0.1) is 19.3 Å². The van der Waals surface area contributed by atoms with E-state index < -0.39 is 17.5 Å². The predicted octanol–water partition coefficient (Wildman–Crippen LogP) is 0.562. The van der Waals surface area contributed by atoms with Gasteiger partial charge >= 0.3 is 5.69 Å². The lowest BCUT2D eigenvalue weighted by atomic mass is 10.2. The second-order valence-corrected chi connectivity index (χ2v) is 6.74. The van der Waals surface area contributed by atoms with Gasteiger partial charge in [0.15, 0.2) is 0 Å². The van der Waals surface area contributed by atoms with Crippen molar-refractivity contribution >= 4 is 28.8 Å². The minimum Gasteiger partial charge on any atom is -0.495 e. The molecule has 0 aliphatic heterocycles. The van der Waals surface area contributed by atoms with E-state index in [-0.39, 0.29) is 13.1 Å². The van der Waals surface area contributed by atoms with Crippen molar-refractivity contribution in [3.05, 3.63) is 51.8 Å². The topological polar surface area (TPSA) is 120 Å². The Balaban J connectivity index is 1.56. The average molecular weight is 402 g/mol. The van der Waals surface area contributed by atoms with Gasteiger partial charge in [-0.05, 0) is 52.6 Å². The Morgan fingerprint density at radius 3 is 2.75 bits per heavy atom. The smallest absolute Gasteiger partial charge is 0.369 e. The molecule has 2 aromatic heterocycles. The first-order chi connectivity index (χ1) is 13.5. The number of thiophene rings is 1. The summed E-state index contributed by atoms with van der Waals surface area (Å²) >= 11 is 1.32. The second kappa shape index (κ2) is 8.48. The van der Waals surface area contributed by atoms with Crippen molar-refractivity contribution in [3.8, 4) is 10.8 Å². The van der Waals surface area contributed by atoms with Crippen LogP contribution < -0.4 is 21.1 Å². The van der Waals surface area contributed by atoms with Crippen LogP contribution in [-0.2, 0) is 16.1 Å². The highest BCUT2D eigenvalue weighted by atomic mass is 32.1. The van der Waals surface area contributed by atoms with Crippen LogP contribution in [0.3, 0.4) is 0 Å². The van der Waals surface area contributed by atoms with Crippen molar-refractivity contribution in [2.45, 2.75) is 13.5 Å². The molecule has 1 aromatic carbocycles. The van der Waals surface area contributed by atoms with Gasteiger partial charge in [-0.1, -0.05) is 6.07 Å². The number of nitrogens with zero attached hydrogens (tertiary/aromatic N) is 4. The molecule has 0 atom stereocenters. The number of aryl methyl sites for hydroxylation is 1. The number of carbonyl (C=O) groups excluding carboxylic acids is 2. The summed E-state index contributed by atoms with van der Waals surface area (Å²) < 4.78 is 7.23. The molecular weight excluding hydrogens is 384 g/mol. The zero-order valence-corrected chi connectivity index (χ0v) is 16.0. The Morgan fingerprint density at radius 2 is 2.04 bits per heavy atom. The lowest BCUT2D eigenvalue weighted by molar-refractivity contribution is -0.124. The van der Waals surface area contributed by atoms with E-state index in [1.165, 1.54) is 18.4 Å². The molecule has 0 saturated carbocycles. The molecule has 3 rings (SSSR count). The molecule has 0 aliphatic rings. The third-order valence-corrected chi connectivity index (χ3v) is 4.57. The first kappa shape index (κ1) is 19.3. The minimum absolute atomic E-state index is 0.260. The van der Waals surface area contributed by atoms with Crippen LogP contribution >= 0.6 is 11.3 Å². The fraction of sp³-hybridized carbons (Fsp3) is 0.235. The molecule has 28 heavy (non-hydrogen) atoms. The monoisotopic (exact) mass is 402 g/mol. The highest BCUT2D eigenvalue weighted by Gasteiger charge is 2.14. The molecule has 0 unspecified atom stereocenters. The van der Waals surface area contributed by atoms with E-state index in [0.717, 1.165) is 14.9 Å². The summed E-state index contributed by atoms with van der Waals surface area (Å²) in [5, 5.41) is 15.0. The highest BCUT2D eigenvalue weighted by Crippen LogP contribution is 2.24. The molecule has 2 amide bonds. The molecule has 0 saturated heterocycles. The molecule has 2 heterocycles. The standard InChI is InChI=1S/C17H18N6O4S/c1-11-5-6-13(27-2)12(8-11)19-14(24)9-18-15(25)10-22-17(26)23(21-20-22)16-4-3-7-28-16/h3-8H,9-10H2,1-2H3,(H,18,25)(H,19,24). The van der Waals surface area contributed by atoms with Gasteiger partial charge in [0, 0.05) is 0 Å². The van der Waals surface area contributed by atoms with Crippen LogP contribution in [-0.4, -0.2) is 45.3 Å². The molecule has 0 aliphatic carbocycles. The number of benzene rings is 1. The van der Waals surface area contributed by atoms with Gasteiger partial charge in [0.1, 0.15) is 17.3 Å². The van der Waals surface area contributed by atoms with Crippen LogP contribution in [0.4, 0.5) is 5.69 Å². The first-order valence-electron chi connectivity index (χ1n) is 8.26. The van der Waals surface area contributed by atoms with Crippen LogP contribution in [0.2, 0.25) is 0 Å². The van der Waals surface area contributed by atoms with Gasteiger partial charge in [-0.2, -0.15) is 9.36 Å². The van der Waals surface area contributed by atoms with E-state index in [9.17, 15) is 14.4 Å². The first-order valence-corrected chi connectivity index (χ1v) is 9.14. The number of methoxy groups -OCH3 is 1. The van der Waals surface area contributed by atoms with Crippen molar-refractivity contribution < 1.29 is 14.3 Å². The zero-order chi connectivity index (χ0) is 20.1. The van der Waals surface area contributed by atoms with Gasteiger partial charge in [-0.25, -0.2) is 4.79 Å². The van der Waals surface area contributed by atoms with Gasteiger partial charge in [-0.15, -0.1) is 11.3 Å². The number of hydrogen-bond donors (Lipinski definition) is 2. The van der Waals surface area contributed by atoms with Gasteiger partial charge in [0.2, 0.25) is 11.8 Å². The summed E-state index contributed by atoms with van der Waals surface area (Å²) in [5.41, 5.74) is 0.928. The fourth-order valence-corrected chi connectivity index (χ4v) is 3.05. The Morgan fingerprint density at radius 1 is 1.21 bits per heavy atom. The van der Waals surface area contributed by atoms with E-state index >= 15 is 0 Å². The summed E-state index contributed by atoms with van der Waals surface area (Å²) in [4.78, 5) is 36.4. The van der Waals surface area contributed by atoms with E-state index in [1.807, 2.05) is 13.0 Å². The number of amides is 2. The maximum atomic E-state index is 12.2. The van der Waals surface area contributed by atoms with Crippen LogP contribution in [0.25, 0.3) is 5.00 Å². The Kier molecular flexibility index (Phi) is 5.84. The third kappa shape index (κ3) is 4.43. The maximum Gasteiger partial charge on any atom is 0.369 e. The number of carbonyl (C=O) groups is 2. The molecule has 0 bridgehead atoms. The fourth-order valence-electron chi connectivity index (χ4n) is 2.39. The number of hydrogen-bond acceptors (Lipinski definition) is 7. The number of nitrogens with one attached hydrogen (secondary N) is 2. The minimum atomic E-state index is -0.536. The SMILES string of the molecule is COc1ccc(C)cc1NC(=O)CNC(=O)Cn1nnn(-c2cccs2)c1=O. The summed E-state index contributed by atoms with van der Waals surface area (Å²) in [7, 11) is 1.50. The van der Waals surface area contributed by atoms with Crippen LogP contribution in [0.15, 0.2) is 40.5 Å². The molecule has 11 heteroatoms. The van der Waals surface area contributed by atoms with Gasteiger partial charge < -0.3 is 15.4 Å². The number of anilines is 1. The zero-order valence-electron chi connectivity index (χ0n) is 15.2. The maximum absolute atomic E-state index is 12.2. The molecule has 10 nitrogen and oxygen atoms in total. The number of ether oxygens (including phenoxy) is 1. The third-order valence-electron chi connectivity index (χ3n) is 3.72. The number of tetrazole rings is 1. The summed E-state index contributed by atoms with van der Waals surface area (Å²) in [5.74, 6) is -0.444. The molecule has 2 N–H and O–H groups in total. The van der Waals surface area contributed by atoms with Crippen LogP contribution in [0, 0.1) is 6.92 Å². The lowest BCUT2D eigenvalue weighted by Gasteiger charge is -2.11. The summed E-state index contributed by atoms with van der Waals surface area (Å²) in [6.07, 6.45) is 0. The molecular formula is C17H18N6O4S. The van der Waals surface area contributed by atoms with Gasteiger partial charge in [0.25, 0.3) is 0 Å². The number of rotatable bonds is 7. The van der Waals surface area contributed by atoms with Crippen molar-refractivity contribution in [2.75, 3.05) is 19.0 Å². The molecule has 146 valence electrons. The van der Waals surface area contributed by atoms with Crippen LogP contribution in [0.1, 0.15) is 5.56 Å². The van der Waals surface area contributed by atoms with E-state index in [1.54, 1.807) is 29.6 Å². The summed E-state index contributed by atoms with van der Waals surface area (Å²) in [6, 6.07) is 8.86. The van der Waals surface area contributed by atoms with E-state index in [2.05, 4.69) is 21.1 Å². The Bertz CT molecular complexity index is 1040. The van der Waals surface area contributed by atoms with Crippen molar-refractivity contribution in [2.24, 2.45) is 0 Å². The van der Waals surface area contributed by atoms with Crippen molar-refractivity contribution in [1.29, 1.82) is 0 Å². The lowest BCUT2D eigenvalue weighted by Crippen LogP contribution is -2.37. The average Bonchev–Trinajstić information content (AvgIpc) is 3.31. The Labute approximate surface area is 163 Å².